The van der Waals surface area contributed by atoms with Crippen molar-refractivity contribution in [1.82, 2.24) is 0 Å². The normalized spacial score (nSPS) is 38.2. The number of halogens is 1. The topological polar surface area (TPSA) is 38.7 Å². The van der Waals surface area contributed by atoms with Gasteiger partial charge in [0.05, 0.1) is 13.2 Å². The molecule has 1 aliphatic heterocycles. The average Bonchev–Trinajstić information content (AvgIpc) is 2.14. The molecule has 1 N–H and O–H groups in total. The summed E-state index contributed by atoms with van der Waals surface area (Å²) in [5, 5.41) is 8.38. The molecule has 1 aliphatic rings. The van der Waals surface area contributed by atoms with Crippen molar-refractivity contribution in [2.75, 3.05) is 13.2 Å². The highest BCUT2D eigenvalue weighted by Gasteiger charge is 2.22. The van der Waals surface area contributed by atoms with Crippen molar-refractivity contribution < 1.29 is 14.6 Å². The molecule has 1 fully saturated rings. The van der Waals surface area contributed by atoms with Crippen molar-refractivity contribution in [1.29, 1.82) is 0 Å². The zero-order valence-corrected chi connectivity index (χ0v) is 4.97. The number of hydrogen-bond acceptors (Lipinski definition) is 3. The highest BCUT2D eigenvalue weighted by Crippen LogP contribution is 2.12. The van der Waals surface area contributed by atoms with Gasteiger partial charge in [0.1, 0.15) is 0 Å². The molecule has 48 valence electrons. The van der Waals surface area contributed by atoms with Crippen LogP contribution in [0.5, 0.6) is 0 Å². The van der Waals surface area contributed by atoms with Crippen LogP contribution < -0.4 is 0 Å². The summed E-state index contributed by atoms with van der Waals surface area (Å²) in [5.74, 6) is 0. The third kappa shape index (κ3) is 1.32. The third-order valence-electron chi connectivity index (χ3n) is 0.862. The highest BCUT2D eigenvalue weighted by atomic mass is 35.5. The molecule has 4 heteroatoms. The van der Waals surface area contributed by atoms with Gasteiger partial charge in [-0.3, -0.25) is 0 Å². The zero-order chi connectivity index (χ0) is 5.98. The predicted molar refractivity (Wildman–Crippen MR) is 27.6 cm³/mol. The minimum Gasteiger partial charge on any atom is -0.391 e. The van der Waals surface area contributed by atoms with Crippen molar-refractivity contribution in [2.45, 2.75) is 11.9 Å². The van der Waals surface area contributed by atoms with Gasteiger partial charge in [0.25, 0.3) is 0 Å². The van der Waals surface area contributed by atoms with Gasteiger partial charge in [-0.25, -0.2) is 0 Å². The van der Waals surface area contributed by atoms with Gasteiger partial charge in [-0.05, 0) is 0 Å². The van der Waals surface area contributed by atoms with E-state index in [9.17, 15) is 0 Å². The zero-order valence-electron chi connectivity index (χ0n) is 4.21. The third-order valence-corrected chi connectivity index (χ3v) is 1.09. The van der Waals surface area contributed by atoms with Gasteiger partial charge >= 0.3 is 0 Å². The van der Waals surface area contributed by atoms with Crippen LogP contribution in [-0.2, 0) is 9.47 Å². The summed E-state index contributed by atoms with van der Waals surface area (Å²) < 4.78 is 9.61. The lowest BCUT2D eigenvalue weighted by molar-refractivity contribution is -0.0789. The Hall–Kier alpha value is 0.170. The van der Waals surface area contributed by atoms with Crippen molar-refractivity contribution in [3.8, 4) is 0 Å². The average molecular weight is 139 g/mol. The van der Waals surface area contributed by atoms with Gasteiger partial charge in [0.2, 0.25) is 0 Å². The molecule has 0 unspecified atom stereocenters. The van der Waals surface area contributed by atoms with E-state index in [4.69, 9.17) is 26.2 Å². The highest BCUT2D eigenvalue weighted by molar-refractivity contribution is 6.19. The monoisotopic (exact) mass is 138 g/mol. The van der Waals surface area contributed by atoms with Crippen LogP contribution in [0, 0.1) is 0 Å². The summed E-state index contributed by atoms with van der Waals surface area (Å²) >= 11 is 5.43. The molecule has 0 amide bonds. The number of ether oxygens (including phenoxy) is 2. The van der Waals surface area contributed by atoms with Gasteiger partial charge in [-0.2, -0.15) is 0 Å². The molecule has 8 heavy (non-hydrogen) atoms. The summed E-state index contributed by atoms with van der Waals surface area (Å²) in [6.45, 7) is 0.246. The first-order valence-electron chi connectivity index (χ1n) is 2.35. The second-order valence-electron chi connectivity index (χ2n) is 1.49. The first-order chi connectivity index (χ1) is 3.83. The SMILES string of the molecule is OC[C@@H]1OC[C@H](Cl)O1. The van der Waals surface area contributed by atoms with E-state index in [0.717, 1.165) is 0 Å². The van der Waals surface area contributed by atoms with Crippen LogP contribution in [-0.4, -0.2) is 30.2 Å². The lowest BCUT2D eigenvalue weighted by atomic mass is 10.7. The second-order valence-corrected chi connectivity index (χ2v) is 1.98. The van der Waals surface area contributed by atoms with Crippen LogP contribution in [0.1, 0.15) is 0 Å². The van der Waals surface area contributed by atoms with Gasteiger partial charge in [0, 0.05) is 0 Å². The molecule has 2 atom stereocenters. The number of hydrogen-bond donors (Lipinski definition) is 1. The number of aliphatic hydroxyl groups excluding tert-OH is 1. The minimum absolute atomic E-state index is 0.122. The number of alkyl halides is 1. The molecule has 0 spiro atoms. The van der Waals surface area contributed by atoms with Crippen molar-refractivity contribution in [3.05, 3.63) is 0 Å². The van der Waals surface area contributed by atoms with Gasteiger partial charge in [-0.1, -0.05) is 11.6 Å². The van der Waals surface area contributed by atoms with E-state index in [0.29, 0.717) is 6.61 Å². The molecule has 3 nitrogen and oxygen atoms in total. The molecule has 0 aromatic rings. The standard InChI is InChI=1S/C4H7ClO3/c5-3-2-7-4(1-6)8-3/h3-4,6H,1-2H2/t3-,4-/m1/s1. The van der Waals surface area contributed by atoms with Crippen molar-refractivity contribution in [3.63, 3.8) is 0 Å². The molecule has 1 rings (SSSR count). The van der Waals surface area contributed by atoms with E-state index in [-0.39, 0.29) is 12.2 Å². The van der Waals surface area contributed by atoms with Crippen LogP contribution in [0.2, 0.25) is 0 Å². The smallest absolute Gasteiger partial charge is 0.182 e. The lowest BCUT2D eigenvalue weighted by Crippen LogP contribution is -2.12. The molecule has 0 aliphatic carbocycles. The van der Waals surface area contributed by atoms with Crippen LogP contribution >= 0.6 is 11.6 Å². The molecular weight excluding hydrogens is 131 g/mol. The predicted octanol–water partition coefficient (Wildman–Crippen LogP) is -0.0835. The van der Waals surface area contributed by atoms with Gasteiger partial charge < -0.3 is 14.6 Å². The maximum absolute atomic E-state index is 8.38. The van der Waals surface area contributed by atoms with E-state index >= 15 is 0 Å². The minimum atomic E-state index is -0.502. The van der Waals surface area contributed by atoms with Crippen LogP contribution in [0.15, 0.2) is 0 Å². The maximum atomic E-state index is 8.38. The Bertz CT molecular complexity index is 77.7. The summed E-state index contributed by atoms with van der Waals surface area (Å²) in [4.78, 5) is 0. The summed E-state index contributed by atoms with van der Waals surface area (Å²) in [5.41, 5.74) is -0.382. The number of aliphatic hydroxyl groups is 1. The summed E-state index contributed by atoms with van der Waals surface area (Å²) in [7, 11) is 0. The molecular formula is C4H7ClO3. The summed E-state index contributed by atoms with van der Waals surface area (Å²) in [6.07, 6.45) is -0.502. The maximum Gasteiger partial charge on any atom is 0.182 e. The van der Waals surface area contributed by atoms with Gasteiger partial charge in [0.15, 0.2) is 11.9 Å². The van der Waals surface area contributed by atoms with Crippen LogP contribution in [0.3, 0.4) is 0 Å². The fourth-order valence-electron chi connectivity index (χ4n) is 0.522. The molecule has 0 bridgehead atoms. The molecule has 1 saturated heterocycles. The first kappa shape index (κ1) is 6.29. The molecule has 0 aromatic carbocycles. The Balaban J connectivity index is 2.22. The van der Waals surface area contributed by atoms with E-state index in [2.05, 4.69) is 0 Å². The Morgan fingerprint density at radius 3 is 2.75 bits per heavy atom. The Morgan fingerprint density at radius 2 is 2.50 bits per heavy atom. The van der Waals surface area contributed by atoms with Crippen molar-refractivity contribution in [2.24, 2.45) is 0 Å². The quantitative estimate of drug-likeness (QED) is 0.515. The Labute approximate surface area is 52.2 Å². The fraction of sp³-hybridized carbons (Fsp3) is 1.00. The molecule has 0 saturated carbocycles. The molecule has 1 heterocycles. The largest absolute Gasteiger partial charge is 0.391 e. The molecule has 0 aromatic heterocycles. The van der Waals surface area contributed by atoms with Crippen LogP contribution in [0.25, 0.3) is 0 Å². The number of rotatable bonds is 1. The first-order valence-corrected chi connectivity index (χ1v) is 2.78. The Kier molecular flexibility index (Phi) is 2.08. The Morgan fingerprint density at radius 1 is 1.75 bits per heavy atom. The van der Waals surface area contributed by atoms with Gasteiger partial charge in [-0.15, -0.1) is 0 Å². The summed E-state index contributed by atoms with van der Waals surface area (Å²) in [6, 6.07) is 0. The molecule has 0 radical (unpaired) electrons. The lowest BCUT2D eigenvalue weighted by Gasteiger charge is -2.01. The van der Waals surface area contributed by atoms with E-state index in [1.807, 2.05) is 0 Å². The van der Waals surface area contributed by atoms with Crippen LogP contribution in [0.4, 0.5) is 0 Å². The van der Waals surface area contributed by atoms with E-state index in [1.54, 1.807) is 0 Å². The fourth-order valence-corrected chi connectivity index (χ4v) is 0.709. The van der Waals surface area contributed by atoms with Crippen molar-refractivity contribution >= 4 is 11.6 Å². The van der Waals surface area contributed by atoms with E-state index < -0.39 is 6.29 Å². The second kappa shape index (κ2) is 2.64. The van der Waals surface area contributed by atoms with E-state index in [1.165, 1.54) is 0 Å².